The van der Waals surface area contributed by atoms with Gasteiger partial charge in [-0.05, 0) is 12.1 Å². The predicted octanol–water partition coefficient (Wildman–Crippen LogP) is 1.48. The summed E-state index contributed by atoms with van der Waals surface area (Å²) in [5.74, 6) is 1.15. The van der Waals surface area contributed by atoms with Crippen LogP contribution in [0, 0.1) is 0 Å². The number of hydrogen-bond donors (Lipinski definition) is 1. The molecule has 0 aromatic carbocycles. The van der Waals surface area contributed by atoms with Gasteiger partial charge in [-0.15, -0.1) is 24.8 Å². The molecule has 0 saturated carbocycles. The summed E-state index contributed by atoms with van der Waals surface area (Å²) in [6.07, 6.45) is 3.99. The lowest BCUT2D eigenvalue weighted by molar-refractivity contribution is 0.380. The van der Waals surface area contributed by atoms with Gasteiger partial charge in [0, 0.05) is 30.9 Å². The highest BCUT2D eigenvalue weighted by Crippen LogP contribution is 2.13. The molecule has 2 aromatic rings. The van der Waals surface area contributed by atoms with Gasteiger partial charge >= 0.3 is 0 Å². The molecule has 0 bridgehead atoms. The minimum absolute atomic E-state index is 0. The molecule has 0 aliphatic carbocycles. The van der Waals surface area contributed by atoms with E-state index in [2.05, 4.69) is 15.1 Å². The maximum atomic E-state index is 5.37. The van der Waals surface area contributed by atoms with Crippen LogP contribution >= 0.6 is 24.8 Å². The van der Waals surface area contributed by atoms with Crippen LogP contribution in [-0.2, 0) is 6.42 Å². The summed E-state index contributed by atoms with van der Waals surface area (Å²) in [4.78, 5) is 8.09. The van der Waals surface area contributed by atoms with Crippen LogP contribution in [0.4, 0.5) is 0 Å². The van der Waals surface area contributed by atoms with Crippen LogP contribution < -0.4 is 5.73 Å². The van der Waals surface area contributed by atoms with Crippen LogP contribution in [0.25, 0.3) is 11.4 Å². The van der Waals surface area contributed by atoms with Crippen molar-refractivity contribution in [2.75, 3.05) is 6.54 Å². The smallest absolute Gasteiger partial charge is 0.228 e. The van der Waals surface area contributed by atoms with Crippen molar-refractivity contribution >= 4 is 24.8 Å². The number of hydrogen-bond acceptors (Lipinski definition) is 5. The van der Waals surface area contributed by atoms with Gasteiger partial charge in [0.15, 0.2) is 0 Å². The Kier molecular flexibility index (Phi) is 6.64. The Morgan fingerprint density at radius 1 is 1.19 bits per heavy atom. The molecular formula is C9H12Cl2N4O. The van der Waals surface area contributed by atoms with Crippen molar-refractivity contribution in [3.63, 3.8) is 0 Å². The molecule has 2 rings (SSSR count). The molecule has 0 aliphatic heterocycles. The molecule has 2 N–H and O–H groups in total. The summed E-state index contributed by atoms with van der Waals surface area (Å²) in [5, 5.41) is 3.84. The Balaban J connectivity index is 0.00000112. The number of nitrogens with zero attached hydrogens (tertiary/aromatic N) is 3. The Hall–Kier alpha value is -1.17. The molecule has 0 unspecified atom stereocenters. The van der Waals surface area contributed by atoms with Gasteiger partial charge in [-0.3, -0.25) is 4.98 Å². The Labute approximate surface area is 105 Å². The lowest BCUT2D eigenvalue weighted by atomic mass is 10.2. The maximum absolute atomic E-state index is 5.37. The second kappa shape index (κ2) is 7.16. The third-order valence-electron chi connectivity index (χ3n) is 1.76. The molecule has 0 atom stereocenters. The van der Waals surface area contributed by atoms with E-state index in [1.807, 2.05) is 12.1 Å². The lowest BCUT2D eigenvalue weighted by Gasteiger charge is -1.89. The van der Waals surface area contributed by atoms with Gasteiger partial charge in [0.1, 0.15) is 0 Å². The van der Waals surface area contributed by atoms with Crippen LogP contribution in [0.15, 0.2) is 29.0 Å². The Bertz CT molecular complexity index is 407. The molecule has 16 heavy (non-hydrogen) atoms. The number of rotatable bonds is 3. The first kappa shape index (κ1) is 14.8. The third-order valence-corrected chi connectivity index (χ3v) is 1.76. The van der Waals surface area contributed by atoms with Crippen molar-refractivity contribution < 1.29 is 4.52 Å². The van der Waals surface area contributed by atoms with Gasteiger partial charge < -0.3 is 10.3 Å². The molecule has 2 heterocycles. The number of aromatic nitrogens is 3. The fourth-order valence-electron chi connectivity index (χ4n) is 1.10. The van der Waals surface area contributed by atoms with Gasteiger partial charge in [0.2, 0.25) is 11.7 Å². The van der Waals surface area contributed by atoms with Crippen LogP contribution in [0.5, 0.6) is 0 Å². The first-order chi connectivity index (χ1) is 6.90. The highest BCUT2D eigenvalue weighted by atomic mass is 35.5. The molecular weight excluding hydrogens is 251 g/mol. The predicted molar refractivity (Wildman–Crippen MR) is 64.8 cm³/mol. The van der Waals surface area contributed by atoms with E-state index in [1.54, 1.807) is 12.4 Å². The molecule has 88 valence electrons. The number of nitrogens with two attached hydrogens (primary N) is 1. The lowest BCUT2D eigenvalue weighted by Crippen LogP contribution is -2.02. The van der Waals surface area contributed by atoms with Crippen molar-refractivity contribution in [3.05, 3.63) is 30.4 Å². The van der Waals surface area contributed by atoms with Crippen molar-refractivity contribution in [1.82, 2.24) is 15.1 Å². The first-order valence-electron chi connectivity index (χ1n) is 4.33. The SMILES string of the molecule is Cl.Cl.NCCc1nc(-c2ccncc2)no1. The van der Waals surface area contributed by atoms with E-state index < -0.39 is 0 Å². The van der Waals surface area contributed by atoms with Crippen molar-refractivity contribution in [2.24, 2.45) is 5.73 Å². The normalized spacial score (nSPS) is 9.06. The molecule has 0 spiro atoms. The fraction of sp³-hybridized carbons (Fsp3) is 0.222. The summed E-state index contributed by atoms with van der Waals surface area (Å²) in [7, 11) is 0. The largest absolute Gasteiger partial charge is 0.339 e. The Morgan fingerprint density at radius 2 is 1.88 bits per heavy atom. The van der Waals surface area contributed by atoms with Crippen LogP contribution in [0.1, 0.15) is 5.89 Å². The van der Waals surface area contributed by atoms with E-state index in [4.69, 9.17) is 10.3 Å². The molecule has 0 saturated heterocycles. The van der Waals surface area contributed by atoms with Crippen LogP contribution in [-0.4, -0.2) is 21.7 Å². The molecule has 0 amide bonds. The molecule has 0 radical (unpaired) electrons. The minimum Gasteiger partial charge on any atom is -0.339 e. The van der Waals surface area contributed by atoms with Crippen molar-refractivity contribution in [3.8, 4) is 11.4 Å². The fourth-order valence-corrected chi connectivity index (χ4v) is 1.10. The van der Waals surface area contributed by atoms with Gasteiger partial charge in [0.25, 0.3) is 0 Å². The summed E-state index contributed by atoms with van der Waals surface area (Å²) in [6.45, 7) is 0.512. The Morgan fingerprint density at radius 3 is 2.50 bits per heavy atom. The van der Waals surface area contributed by atoms with Crippen LogP contribution in [0.2, 0.25) is 0 Å². The van der Waals surface area contributed by atoms with E-state index >= 15 is 0 Å². The third kappa shape index (κ3) is 3.44. The van der Waals surface area contributed by atoms with Crippen molar-refractivity contribution in [2.45, 2.75) is 6.42 Å². The summed E-state index contributed by atoms with van der Waals surface area (Å²) in [6, 6.07) is 3.66. The zero-order chi connectivity index (χ0) is 9.80. The zero-order valence-electron chi connectivity index (χ0n) is 8.37. The highest BCUT2D eigenvalue weighted by molar-refractivity contribution is 5.85. The molecule has 2 aromatic heterocycles. The average molecular weight is 263 g/mol. The standard InChI is InChI=1S/C9H10N4O.2ClH/c10-4-1-8-12-9(13-14-8)7-2-5-11-6-3-7;;/h2-3,5-6H,1,4,10H2;2*1H. The zero-order valence-corrected chi connectivity index (χ0v) is 10.0. The van der Waals surface area contributed by atoms with Crippen molar-refractivity contribution in [1.29, 1.82) is 0 Å². The van der Waals surface area contributed by atoms with E-state index in [0.29, 0.717) is 24.7 Å². The van der Waals surface area contributed by atoms with E-state index in [1.165, 1.54) is 0 Å². The molecule has 0 fully saturated rings. The van der Waals surface area contributed by atoms with Crippen LogP contribution in [0.3, 0.4) is 0 Å². The van der Waals surface area contributed by atoms with E-state index in [9.17, 15) is 0 Å². The van der Waals surface area contributed by atoms with E-state index in [0.717, 1.165) is 5.56 Å². The van der Waals surface area contributed by atoms with Gasteiger partial charge in [-0.2, -0.15) is 4.98 Å². The number of halogens is 2. The quantitative estimate of drug-likeness (QED) is 0.907. The average Bonchev–Trinajstić information content (AvgIpc) is 2.68. The van der Waals surface area contributed by atoms with Gasteiger partial charge in [-0.1, -0.05) is 5.16 Å². The van der Waals surface area contributed by atoms with Gasteiger partial charge in [-0.25, -0.2) is 0 Å². The topological polar surface area (TPSA) is 77.8 Å². The first-order valence-corrected chi connectivity index (χ1v) is 4.33. The maximum Gasteiger partial charge on any atom is 0.228 e. The molecule has 0 aliphatic rings. The highest BCUT2D eigenvalue weighted by Gasteiger charge is 2.06. The second-order valence-electron chi connectivity index (χ2n) is 2.79. The monoisotopic (exact) mass is 262 g/mol. The molecule has 7 heteroatoms. The summed E-state index contributed by atoms with van der Waals surface area (Å²) in [5.41, 5.74) is 6.27. The summed E-state index contributed by atoms with van der Waals surface area (Å²) < 4.78 is 5.00. The van der Waals surface area contributed by atoms with E-state index in [-0.39, 0.29) is 24.8 Å². The van der Waals surface area contributed by atoms with Gasteiger partial charge in [0.05, 0.1) is 0 Å². The second-order valence-corrected chi connectivity index (χ2v) is 2.79. The molecule has 5 nitrogen and oxygen atoms in total. The number of pyridine rings is 1. The summed E-state index contributed by atoms with van der Waals surface area (Å²) >= 11 is 0. The minimum atomic E-state index is 0.